The van der Waals surface area contributed by atoms with Crippen molar-refractivity contribution in [3.8, 4) is 10.4 Å². The summed E-state index contributed by atoms with van der Waals surface area (Å²) in [5, 5.41) is 12.2. The number of likely N-dealkylation sites (N-methyl/N-ethyl adjacent to an activating group) is 1. The highest BCUT2D eigenvalue weighted by Crippen LogP contribution is 2.45. The summed E-state index contributed by atoms with van der Waals surface area (Å²) < 4.78 is 19.4. The lowest BCUT2D eigenvalue weighted by Crippen LogP contribution is -2.49. The van der Waals surface area contributed by atoms with Crippen LogP contribution in [0.3, 0.4) is 0 Å². The van der Waals surface area contributed by atoms with Gasteiger partial charge in [-0.15, -0.1) is 0 Å². The standard InChI is InChI=1S/C34H37ClFN5O3S/c1-39(2)25-14-22-13-23(15-28(35)27(22)16-25)32-30-31(38-45-32)33(43)41(19-37-30)18-34(44)9-11-40(12-10-34)29(42)17-26(20-3-4-20)21-5-7-24(36)8-6-21/h5-8,13,15,19-20,25-26,44H,3-4,9-12,14,16-18H2,1-2H3. The Morgan fingerprint density at radius 1 is 1.16 bits per heavy atom. The molecule has 45 heavy (non-hydrogen) atoms. The molecule has 1 saturated heterocycles. The molecule has 4 aromatic rings. The van der Waals surface area contributed by atoms with Crippen LogP contribution >= 0.6 is 23.1 Å². The van der Waals surface area contributed by atoms with Crippen molar-refractivity contribution in [2.24, 2.45) is 5.92 Å². The van der Waals surface area contributed by atoms with Gasteiger partial charge in [0.15, 0.2) is 5.52 Å². The number of piperidine rings is 1. The molecule has 2 atom stereocenters. The van der Waals surface area contributed by atoms with Gasteiger partial charge < -0.3 is 14.9 Å². The molecule has 2 aromatic carbocycles. The number of hydrogen-bond donors (Lipinski definition) is 1. The number of benzene rings is 2. The summed E-state index contributed by atoms with van der Waals surface area (Å²) in [5.41, 5.74) is 3.71. The summed E-state index contributed by atoms with van der Waals surface area (Å²) in [6, 6.07) is 11.0. The first-order valence-corrected chi connectivity index (χ1v) is 16.8. The van der Waals surface area contributed by atoms with E-state index in [1.165, 1.54) is 45.7 Å². The van der Waals surface area contributed by atoms with E-state index in [0.717, 1.165) is 46.7 Å². The summed E-state index contributed by atoms with van der Waals surface area (Å²) in [7, 11) is 4.16. The van der Waals surface area contributed by atoms with E-state index in [2.05, 4.69) is 34.4 Å². The number of carbonyl (C=O) groups is 1. The zero-order valence-corrected chi connectivity index (χ0v) is 27.1. The quantitative estimate of drug-likeness (QED) is 0.279. The van der Waals surface area contributed by atoms with Gasteiger partial charge >= 0.3 is 0 Å². The fourth-order valence-corrected chi connectivity index (χ4v) is 8.18. The third-order valence-corrected chi connectivity index (χ3v) is 11.3. The number of likely N-dealkylation sites (tertiary alicyclic amines) is 1. The smallest absolute Gasteiger partial charge is 0.281 e. The molecule has 3 heterocycles. The molecule has 1 aliphatic heterocycles. The van der Waals surface area contributed by atoms with E-state index in [1.807, 2.05) is 11.0 Å². The number of carbonyl (C=O) groups excluding carboxylic acids is 1. The molecule has 0 radical (unpaired) electrons. The average Bonchev–Trinajstić information content (AvgIpc) is 3.60. The van der Waals surface area contributed by atoms with Gasteiger partial charge in [-0.05, 0) is 123 Å². The highest BCUT2D eigenvalue weighted by atomic mass is 35.5. The van der Waals surface area contributed by atoms with E-state index in [9.17, 15) is 19.1 Å². The third-order valence-electron chi connectivity index (χ3n) is 10.0. The van der Waals surface area contributed by atoms with Gasteiger partial charge in [0.25, 0.3) is 5.56 Å². The van der Waals surface area contributed by atoms with E-state index >= 15 is 0 Å². The van der Waals surface area contributed by atoms with Gasteiger partial charge in [-0.25, -0.2) is 9.37 Å². The number of fused-ring (bicyclic) bond motifs is 2. The van der Waals surface area contributed by atoms with E-state index < -0.39 is 5.60 Å². The molecule has 2 aromatic heterocycles. The van der Waals surface area contributed by atoms with Gasteiger partial charge in [0, 0.05) is 30.6 Å². The number of amides is 1. The van der Waals surface area contributed by atoms with Crippen molar-refractivity contribution in [3.05, 3.63) is 80.6 Å². The van der Waals surface area contributed by atoms with Crippen molar-refractivity contribution in [2.75, 3.05) is 27.2 Å². The van der Waals surface area contributed by atoms with Gasteiger partial charge in [-0.3, -0.25) is 14.2 Å². The highest BCUT2D eigenvalue weighted by Gasteiger charge is 2.38. The second-order valence-electron chi connectivity index (χ2n) is 13.3. The zero-order valence-electron chi connectivity index (χ0n) is 25.5. The third kappa shape index (κ3) is 6.05. The predicted octanol–water partition coefficient (Wildman–Crippen LogP) is 5.28. The minimum Gasteiger partial charge on any atom is -0.388 e. The Kier molecular flexibility index (Phi) is 8.04. The Labute approximate surface area is 270 Å². The van der Waals surface area contributed by atoms with Crippen molar-refractivity contribution in [3.63, 3.8) is 0 Å². The van der Waals surface area contributed by atoms with Crippen molar-refractivity contribution in [1.82, 2.24) is 23.7 Å². The zero-order chi connectivity index (χ0) is 31.5. The monoisotopic (exact) mass is 649 g/mol. The van der Waals surface area contributed by atoms with Crippen molar-refractivity contribution in [2.45, 2.75) is 69.1 Å². The van der Waals surface area contributed by atoms with E-state index in [4.69, 9.17) is 11.6 Å². The predicted molar refractivity (Wildman–Crippen MR) is 174 cm³/mol. The Hall–Kier alpha value is -3.18. The molecule has 2 unspecified atom stereocenters. The van der Waals surface area contributed by atoms with Crippen LogP contribution in [0.2, 0.25) is 5.02 Å². The van der Waals surface area contributed by atoms with E-state index in [-0.39, 0.29) is 35.3 Å². The summed E-state index contributed by atoms with van der Waals surface area (Å²) in [5.74, 6) is 0.316. The van der Waals surface area contributed by atoms with Gasteiger partial charge in [-0.2, -0.15) is 4.37 Å². The summed E-state index contributed by atoms with van der Waals surface area (Å²) in [4.78, 5) is 36.3. The molecule has 0 bridgehead atoms. The fourth-order valence-electron chi connectivity index (χ4n) is 7.06. The maximum Gasteiger partial charge on any atom is 0.281 e. The molecular formula is C34H37ClFN5O3S. The minimum atomic E-state index is -1.14. The van der Waals surface area contributed by atoms with Crippen LogP contribution in [-0.4, -0.2) is 73.6 Å². The molecule has 8 nitrogen and oxygen atoms in total. The molecule has 1 saturated carbocycles. The lowest BCUT2D eigenvalue weighted by atomic mass is 9.88. The first-order chi connectivity index (χ1) is 21.6. The minimum absolute atomic E-state index is 0.0532. The maximum absolute atomic E-state index is 13.5. The largest absolute Gasteiger partial charge is 0.388 e. The molecule has 1 amide bonds. The summed E-state index contributed by atoms with van der Waals surface area (Å²) >= 11 is 7.95. The molecule has 2 aliphatic carbocycles. The Morgan fingerprint density at radius 2 is 1.89 bits per heavy atom. The Bertz CT molecular complexity index is 1810. The SMILES string of the molecule is CN(C)C1Cc2cc(-c3snc4c(=O)n(CC5(O)CCN(C(=O)CC(c6ccc(F)cc6)C6CC6)CC5)cnc34)cc(Cl)c2C1. The Morgan fingerprint density at radius 3 is 2.58 bits per heavy atom. The van der Waals surface area contributed by atoms with Crippen molar-refractivity contribution >= 4 is 40.1 Å². The van der Waals surface area contributed by atoms with Gasteiger partial charge in [0.1, 0.15) is 11.3 Å². The number of halogens is 2. The molecule has 3 aliphatic rings. The van der Waals surface area contributed by atoms with Crippen LogP contribution < -0.4 is 5.56 Å². The molecule has 2 fully saturated rings. The van der Waals surface area contributed by atoms with E-state index in [0.29, 0.717) is 49.8 Å². The van der Waals surface area contributed by atoms with Crippen LogP contribution in [-0.2, 0) is 24.2 Å². The van der Waals surface area contributed by atoms with Gasteiger partial charge in [-0.1, -0.05) is 23.7 Å². The normalized spacial score (nSPS) is 20.1. The second kappa shape index (κ2) is 11.9. The highest BCUT2D eigenvalue weighted by molar-refractivity contribution is 7.11. The lowest BCUT2D eigenvalue weighted by Gasteiger charge is -2.38. The molecule has 0 spiro atoms. The maximum atomic E-state index is 13.5. The van der Waals surface area contributed by atoms with Crippen LogP contribution in [0, 0.1) is 11.7 Å². The number of nitrogens with zero attached hydrogens (tertiary/aromatic N) is 5. The number of rotatable bonds is 8. The lowest BCUT2D eigenvalue weighted by molar-refractivity contribution is -0.136. The van der Waals surface area contributed by atoms with Crippen molar-refractivity contribution in [1.29, 1.82) is 0 Å². The van der Waals surface area contributed by atoms with E-state index in [1.54, 1.807) is 12.1 Å². The molecule has 1 N–H and O–H groups in total. The second-order valence-corrected chi connectivity index (χ2v) is 14.5. The molecular weight excluding hydrogens is 613 g/mol. The average molecular weight is 650 g/mol. The first kappa shape index (κ1) is 30.5. The Balaban J connectivity index is 1.03. The molecule has 236 valence electrons. The fraction of sp³-hybridized carbons (Fsp3) is 0.471. The number of aliphatic hydroxyl groups is 1. The number of hydrogen-bond acceptors (Lipinski definition) is 7. The first-order valence-electron chi connectivity index (χ1n) is 15.7. The van der Waals surface area contributed by atoms with Gasteiger partial charge in [0.05, 0.1) is 23.4 Å². The summed E-state index contributed by atoms with van der Waals surface area (Å²) in [6.45, 7) is 0.908. The molecule has 11 heteroatoms. The van der Waals surface area contributed by atoms with Crippen LogP contribution in [0.15, 0.2) is 47.5 Å². The van der Waals surface area contributed by atoms with Crippen LogP contribution in [0.1, 0.15) is 54.7 Å². The summed E-state index contributed by atoms with van der Waals surface area (Å²) in [6.07, 6.45) is 6.60. The van der Waals surface area contributed by atoms with Crippen LogP contribution in [0.25, 0.3) is 21.5 Å². The topological polar surface area (TPSA) is 91.6 Å². The van der Waals surface area contributed by atoms with Crippen LogP contribution in [0.5, 0.6) is 0 Å². The van der Waals surface area contributed by atoms with Crippen LogP contribution in [0.4, 0.5) is 4.39 Å². The van der Waals surface area contributed by atoms with Crippen molar-refractivity contribution < 1.29 is 14.3 Å². The number of aromatic nitrogens is 3. The molecule has 7 rings (SSSR count). The van der Waals surface area contributed by atoms with Gasteiger partial charge in [0.2, 0.25) is 5.91 Å².